The average Bonchev–Trinajstić information content (AvgIpc) is 2.24. The minimum Gasteiger partial charge on any atom is -0.371 e. The highest BCUT2D eigenvalue weighted by Gasteiger charge is 2.17. The predicted octanol–water partition coefficient (Wildman–Crippen LogP) is 3.54. The summed E-state index contributed by atoms with van der Waals surface area (Å²) < 4.78 is 0. The van der Waals surface area contributed by atoms with E-state index in [-0.39, 0.29) is 0 Å². The Morgan fingerprint density at radius 2 is 1.80 bits per heavy atom. The number of rotatable bonds is 1. The van der Waals surface area contributed by atoms with E-state index >= 15 is 0 Å². The number of hydrogen-bond acceptors (Lipinski definition) is 1. The minimum absolute atomic E-state index is 0.909. The van der Waals surface area contributed by atoms with Gasteiger partial charge in [-0.3, -0.25) is 0 Å². The first-order chi connectivity index (χ1) is 7.18. The van der Waals surface area contributed by atoms with E-state index in [1.54, 1.807) is 0 Å². The van der Waals surface area contributed by atoms with Gasteiger partial charge in [-0.2, -0.15) is 0 Å². The first-order valence-corrected chi connectivity index (χ1v) is 5.99. The van der Waals surface area contributed by atoms with Crippen LogP contribution in [0.4, 0.5) is 5.69 Å². The fourth-order valence-electron chi connectivity index (χ4n) is 2.33. The molecule has 0 aromatic heterocycles. The topological polar surface area (TPSA) is 3.24 Å². The maximum atomic E-state index is 2.54. The van der Waals surface area contributed by atoms with Crippen molar-refractivity contribution in [1.29, 1.82) is 0 Å². The second kappa shape index (κ2) is 4.26. The van der Waals surface area contributed by atoms with Gasteiger partial charge in [-0.05, 0) is 49.8 Å². The van der Waals surface area contributed by atoms with Crippen molar-refractivity contribution in [2.45, 2.75) is 33.6 Å². The summed E-state index contributed by atoms with van der Waals surface area (Å²) >= 11 is 0. The molecule has 1 heterocycles. The molecule has 1 nitrogen and oxygen atoms in total. The Morgan fingerprint density at radius 3 is 2.47 bits per heavy atom. The molecule has 1 heteroatoms. The fourth-order valence-corrected chi connectivity index (χ4v) is 2.33. The van der Waals surface area contributed by atoms with Gasteiger partial charge in [0.05, 0.1) is 0 Å². The number of hydrogen-bond donors (Lipinski definition) is 0. The van der Waals surface area contributed by atoms with Gasteiger partial charge < -0.3 is 4.90 Å². The Morgan fingerprint density at radius 1 is 1.13 bits per heavy atom. The van der Waals surface area contributed by atoms with E-state index in [1.165, 1.54) is 42.7 Å². The molecular weight excluding hydrogens is 182 g/mol. The summed E-state index contributed by atoms with van der Waals surface area (Å²) in [5.74, 6) is 0.909. The zero-order valence-corrected chi connectivity index (χ0v) is 10.1. The van der Waals surface area contributed by atoms with Crippen LogP contribution in [0, 0.1) is 19.8 Å². The van der Waals surface area contributed by atoms with E-state index in [1.807, 2.05) is 0 Å². The molecule has 0 spiro atoms. The monoisotopic (exact) mass is 203 g/mol. The second-order valence-electron chi connectivity index (χ2n) is 4.89. The van der Waals surface area contributed by atoms with Gasteiger partial charge in [0.15, 0.2) is 0 Å². The maximum Gasteiger partial charge on any atom is 0.0398 e. The molecule has 1 aliphatic rings. The van der Waals surface area contributed by atoms with Gasteiger partial charge in [-0.15, -0.1) is 0 Å². The van der Waals surface area contributed by atoms with Crippen LogP contribution in [0.2, 0.25) is 0 Å². The molecule has 0 aliphatic carbocycles. The van der Waals surface area contributed by atoms with Gasteiger partial charge in [0.1, 0.15) is 0 Å². The lowest BCUT2D eigenvalue weighted by Gasteiger charge is -2.33. The fraction of sp³-hybridized carbons (Fsp3) is 0.571. The van der Waals surface area contributed by atoms with Crippen LogP contribution in [0.3, 0.4) is 0 Å². The summed E-state index contributed by atoms with van der Waals surface area (Å²) in [6.07, 6.45) is 2.68. The summed E-state index contributed by atoms with van der Waals surface area (Å²) in [6.45, 7) is 9.26. The number of benzene rings is 1. The summed E-state index contributed by atoms with van der Waals surface area (Å²) in [7, 11) is 0. The highest BCUT2D eigenvalue weighted by molar-refractivity contribution is 5.56. The van der Waals surface area contributed by atoms with Crippen molar-refractivity contribution in [1.82, 2.24) is 0 Å². The quantitative estimate of drug-likeness (QED) is 0.675. The molecule has 0 unspecified atom stereocenters. The lowest BCUT2D eigenvalue weighted by Crippen LogP contribution is -2.33. The van der Waals surface area contributed by atoms with Crippen molar-refractivity contribution in [2.24, 2.45) is 5.92 Å². The molecule has 0 atom stereocenters. The van der Waals surface area contributed by atoms with E-state index in [2.05, 4.69) is 43.9 Å². The van der Waals surface area contributed by atoms with Gasteiger partial charge in [0, 0.05) is 18.8 Å². The van der Waals surface area contributed by atoms with Crippen molar-refractivity contribution < 1.29 is 0 Å². The highest BCUT2D eigenvalue weighted by atomic mass is 15.1. The molecule has 1 fully saturated rings. The summed E-state index contributed by atoms with van der Waals surface area (Å²) in [5, 5.41) is 0. The van der Waals surface area contributed by atoms with Crippen molar-refractivity contribution in [3.05, 3.63) is 29.3 Å². The number of anilines is 1. The molecule has 2 rings (SSSR count). The molecular formula is C14H21N. The van der Waals surface area contributed by atoms with Crippen LogP contribution >= 0.6 is 0 Å². The summed E-state index contributed by atoms with van der Waals surface area (Å²) in [6, 6.07) is 6.64. The van der Waals surface area contributed by atoms with E-state index in [9.17, 15) is 0 Å². The first-order valence-electron chi connectivity index (χ1n) is 5.99. The number of nitrogens with zero attached hydrogens (tertiary/aromatic N) is 1. The molecule has 82 valence electrons. The molecule has 1 saturated heterocycles. The molecule has 1 aromatic carbocycles. The zero-order chi connectivity index (χ0) is 10.8. The molecule has 15 heavy (non-hydrogen) atoms. The first kappa shape index (κ1) is 10.5. The van der Waals surface area contributed by atoms with Crippen molar-refractivity contribution in [3.63, 3.8) is 0 Å². The molecule has 1 aromatic rings. The van der Waals surface area contributed by atoms with E-state index in [0.29, 0.717) is 0 Å². The van der Waals surface area contributed by atoms with Gasteiger partial charge in [0.25, 0.3) is 0 Å². The SMILES string of the molecule is Cc1cccc(N2CCC(C)CC2)c1C. The average molecular weight is 203 g/mol. The highest BCUT2D eigenvalue weighted by Crippen LogP contribution is 2.27. The molecule has 0 bridgehead atoms. The maximum absolute atomic E-state index is 2.54. The molecule has 0 amide bonds. The third-order valence-electron chi connectivity index (χ3n) is 3.70. The van der Waals surface area contributed by atoms with Gasteiger partial charge >= 0.3 is 0 Å². The van der Waals surface area contributed by atoms with Crippen LogP contribution in [0.1, 0.15) is 30.9 Å². The number of aryl methyl sites for hydroxylation is 1. The van der Waals surface area contributed by atoms with Crippen LogP contribution in [0.15, 0.2) is 18.2 Å². The van der Waals surface area contributed by atoms with Crippen LogP contribution in [-0.4, -0.2) is 13.1 Å². The van der Waals surface area contributed by atoms with E-state index < -0.39 is 0 Å². The van der Waals surface area contributed by atoms with Crippen molar-refractivity contribution in [3.8, 4) is 0 Å². The predicted molar refractivity (Wildman–Crippen MR) is 66.5 cm³/mol. The van der Waals surface area contributed by atoms with Crippen LogP contribution in [0.5, 0.6) is 0 Å². The zero-order valence-electron chi connectivity index (χ0n) is 10.1. The van der Waals surface area contributed by atoms with Crippen LogP contribution in [-0.2, 0) is 0 Å². The largest absolute Gasteiger partial charge is 0.371 e. The second-order valence-corrected chi connectivity index (χ2v) is 4.89. The van der Waals surface area contributed by atoms with E-state index in [0.717, 1.165) is 5.92 Å². The Balaban J connectivity index is 2.19. The summed E-state index contributed by atoms with van der Waals surface area (Å²) in [4.78, 5) is 2.54. The third kappa shape index (κ3) is 2.17. The van der Waals surface area contributed by atoms with Crippen molar-refractivity contribution >= 4 is 5.69 Å². The molecule has 0 radical (unpaired) electrons. The molecule has 0 saturated carbocycles. The number of piperidine rings is 1. The summed E-state index contributed by atoms with van der Waals surface area (Å²) in [5.41, 5.74) is 4.31. The van der Waals surface area contributed by atoms with Gasteiger partial charge in [-0.1, -0.05) is 19.1 Å². The normalized spacial score (nSPS) is 18.2. The smallest absolute Gasteiger partial charge is 0.0398 e. The van der Waals surface area contributed by atoms with Gasteiger partial charge in [0.2, 0.25) is 0 Å². The van der Waals surface area contributed by atoms with E-state index in [4.69, 9.17) is 0 Å². The Bertz CT molecular complexity index is 335. The van der Waals surface area contributed by atoms with Crippen LogP contribution < -0.4 is 4.90 Å². The Hall–Kier alpha value is -0.980. The van der Waals surface area contributed by atoms with Crippen LogP contribution in [0.25, 0.3) is 0 Å². The Labute approximate surface area is 93.1 Å². The lowest BCUT2D eigenvalue weighted by molar-refractivity contribution is 0.438. The standard InChI is InChI=1S/C14H21N/c1-11-7-9-15(10-8-11)14-6-4-5-12(2)13(14)3/h4-6,11H,7-10H2,1-3H3. The third-order valence-corrected chi connectivity index (χ3v) is 3.70. The minimum atomic E-state index is 0.909. The Kier molecular flexibility index (Phi) is 2.99. The molecule has 0 N–H and O–H groups in total. The van der Waals surface area contributed by atoms with Gasteiger partial charge in [-0.25, -0.2) is 0 Å². The van der Waals surface area contributed by atoms with Crippen molar-refractivity contribution in [2.75, 3.05) is 18.0 Å². The lowest BCUT2D eigenvalue weighted by atomic mass is 9.97. The molecule has 1 aliphatic heterocycles.